The van der Waals surface area contributed by atoms with Gasteiger partial charge in [-0.3, -0.25) is 4.79 Å². The molecule has 0 saturated heterocycles. The Labute approximate surface area is 228 Å². The number of carbonyl (C=O) groups excluding carboxylic acids is 1. The van der Waals surface area contributed by atoms with Crippen molar-refractivity contribution in [2.75, 3.05) is 5.32 Å². The zero-order valence-electron chi connectivity index (χ0n) is 22.2. The molecule has 1 heterocycles. The van der Waals surface area contributed by atoms with Gasteiger partial charge in [0, 0.05) is 29.8 Å². The quantitative estimate of drug-likeness (QED) is 0.283. The van der Waals surface area contributed by atoms with Crippen LogP contribution in [-0.4, -0.2) is 38.8 Å². The predicted octanol–water partition coefficient (Wildman–Crippen LogP) is 5.27. The van der Waals surface area contributed by atoms with Crippen LogP contribution in [0.25, 0.3) is 22.3 Å². The number of aliphatic hydroxyl groups is 1. The molecule has 2 aliphatic carbocycles. The maximum atomic E-state index is 12.9. The second-order valence-corrected chi connectivity index (χ2v) is 11.5. The first-order valence-electron chi connectivity index (χ1n) is 13.6. The number of benzene rings is 2. The largest absolute Gasteiger partial charge is 0.465 e. The molecular formula is C31H36N4O4. The Morgan fingerprint density at radius 1 is 0.974 bits per heavy atom. The third kappa shape index (κ3) is 6.29. The van der Waals surface area contributed by atoms with Crippen molar-refractivity contribution in [2.24, 2.45) is 11.7 Å². The monoisotopic (exact) mass is 528 g/mol. The number of nitrogens with two attached hydrogens (primary N) is 1. The summed E-state index contributed by atoms with van der Waals surface area (Å²) in [6.07, 6.45) is 5.39. The molecule has 8 heteroatoms. The van der Waals surface area contributed by atoms with Crippen molar-refractivity contribution in [2.45, 2.75) is 69.1 Å². The van der Waals surface area contributed by atoms with Gasteiger partial charge in [0.25, 0.3) is 0 Å². The highest BCUT2D eigenvalue weighted by atomic mass is 16.4. The van der Waals surface area contributed by atoms with E-state index in [9.17, 15) is 14.7 Å². The van der Waals surface area contributed by atoms with Crippen LogP contribution in [0.4, 0.5) is 10.6 Å². The highest BCUT2D eigenvalue weighted by molar-refractivity contribution is 5.92. The van der Waals surface area contributed by atoms with Crippen molar-refractivity contribution in [3.05, 3.63) is 72.4 Å². The number of hydrogen-bond acceptors (Lipinski definition) is 5. The summed E-state index contributed by atoms with van der Waals surface area (Å²) >= 11 is 0. The van der Waals surface area contributed by atoms with E-state index in [4.69, 9.17) is 10.8 Å². The average Bonchev–Trinajstić information content (AvgIpc) is 2.89. The van der Waals surface area contributed by atoms with Crippen molar-refractivity contribution in [3.8, 4) is 22.3 Å². The molecule has 5 rings (SSSR count). The van der Waals surface area contributed by atoms with E-state index in [1.807, 2.05) is 67.6 Å². The van der Waals surface area contributed by atoms with Gasteiger partial charge < -0.3 is 26.6 Å². The molecule has 0 bridgehead atoms. The normalized spacial score (nSPS) is 26.3. The molecule has 0 atom stereocenters. The molecule has 0 radical (unpaired) electrons. The zero-order valence-corrected chi connectivity index (χ0v) is 22.2. The van der Waals surface area contributed by atoms with Crippen LogP contribution in [0.3, 0.4) is 0 Å². The number of carbonyl (C=O) groups is 2. The SMILES string of the molecule is C[C@]1(O)C[C@@](N)(c2ccc(-c3cnc(NC(=O)C[C@H]4CC[C@H](NC(=O)O)CC4)cc3-c3ccccc3)cc2)C1. The Kier molecular flexibility index (Phi) is 7.42. The van der Waals surface area contributed by atoms with Crippen molar-refractivity contribution in [1.82, 2.24) is 10.3 Å². The smallest absolute Gasteiger partial charge is 0.404 e. The number of amides is 2. The summed E-state index contributed by atoms with van der Waals surface area (Å²) in [5, 5.41) is 24.6. The van der Waals surface area contributed by atoms with Gasteiger partial charge in [0.1, 0.15) is 5.82 Å². The number of nitrogens with zero attached hydrogens (tertiary/aromatic N) is 1. The first kappa shape index (κ1) is 26.8. The molecule has 0 unspecified atom stereocenters. The third-order valence-electron chi connectivity index (χ3n) is 8.07. The van der Waals surface area contributed by atoms with Crippen LogP contribution < -0.4 is 16.4 Å². The van der Waals surface area contributed by atoms with Crippen LogP contribution in [0.5, 0.6) is 0 Å². The summed E-state index contributed by atoms with van der Waals surface area (Å²) in [5.74, 6) is 0.643. The van der Waals surface area contributed by atoms with Crippen molar-refractivity contribution in [3.63, 3.8) is 0 Å². The summed E-state index contributed by atoms with van der Waals surface area (Å²) in [5.41, 5.74) is 10.2. The molecule has 204 valence electrons. The van der Waals surface area contributed by atoms with Gasteiger partial charge in [0.2, 0.25) is 5.91 Å². The first-order chi connectivity index (χ1) is 18.6. The molecule has 39 heavy (non-hydrogen) atoms. The van der Waals surface area contributed by atoms with Crippen molar-refractivity contribution in [1.29, 1.82) is 0 Å². The second kappa shape index (κ2) is 10.8. The molecule has 2 fully saturated rings. The number of carboxylic acid groups (broad SMARTS) is 1. The van der Waals surface area contributed by atoms with Gasteiger partial charge in [-0.2, -0.15) is 0 Å². The van der Waals surface area contributed by atoms with Gasteiger partial charge in [-0.1, -0.05) is 54.6 Å². The first-order valence-corrected chi connectivity index (χ1v) is 13.6. The highest BCUT2D eigenvalue weighted by Crippen LogP contribution is 2.46. The lowest BCUT2D eigenvalue weighted by molar-refractivity contribution is -0.117. The van der Waals surface area contributed by atoms with Crippen LogP contribution in [0.1, 0.15) is 57.4 Å². The Balaban J connectivity index is 1.31. The molecular weight excluding hydrogens is 492 g/mol. The van der Waals surface area contributed by atoms with E-state index in [-0.39, 0.29) is 17.9 Å². The Morgan fingerprint density at radius 2 is 1.62 bits per heavy atom. The minimum atomic E-state index is -0.994. The number of hydrogen-bond donors (Lipinski definition) is 5. The van der Waals surface area contributed by atoms with Crippen LogP contribution in [-0.2, 0) is 10.3 Å². The zero-order chi connectivity index (χ0) is 27.6. The van der Waals surface area contributed by atoms with E-state index in [2.05, 4.69) is 15.6 Å². The van der Waals surface area contributed by atoms with Gasteiger partial charge >= 0.3 is 6.09 Å². The fourth-order valence-corrected chi connectivity index (χ4v) is 6.25. The molecule has 8 nitrogen and oxygen atoms in total. The number of nitrogens with one attached hydrogen (secondary N) is 2. The summed E-state index contributed by atoms with van der Waals surface area (Å²) in [6.45, 7) is 1.81. The van der Waals surface area contributed by atoms with Gasteiger partial charge in [-0.15, -0.1) is 0 Å². The van der Waals surface area contributed by atoms with E-state index in [1.54, 1.807) is 6.20 Å². The summed E-state index contributed by atoms with van der Waals surface area (Å²) in [7, 11) is 0. The third-order valence-corrected chi connectivity index (χ3v) is 8.07. The van der Waals surface area contributed by atoms with Crippen LogP contribution in [0, 0.1) is 5.92 Å². The van der Waals surface area contributed by atoms with Gasteiger partial charge in [-0.25, -0.2) is 9.78 Å². The van der Waals surface area contributed by atoms with E-state index >= 15 is 0 Å². The number of pyridine rings is 1. The molecule has 1 aromatic heterocycles. The van der Waals surface area contributed by atoms with E-state index in [0.717, 1.165) is 53.5 Å². The maximum Gasteiger partial charge on any atom is 0.404 e. The highest BCUT2D eigenvalue weighted by Gasteiger charge is 2.49. The molecule has 2 aliphatic rings. The molecule has 3 aromatic rings. The van der Waals surface area contributed by atoms with Crippen LogP contribution in [0.15, 0.2) is 66.9 Å². The van der Waals surface area contributed by atoms with Crippen molar-refractivity contribution >= 4 is 17.8 Å². The van der Waals surface area contributed by atoms with Crippen LogP contribution in [0.2, 0.25) is 0 Å². The minimum absolute atomic E-state index is 0.0301. The molecule has 0 spiro atoms. The van der Waals surface area contributed by atoms with E-state index < -0.39 is 17.2 Å². The van der Waals surface area contributed by atoms with E-state index in [1.165, 1.54) is 0 Å². The van der Waals surface area contributed by atoms with E-state index in [0.29, 0.717) is 25.1 Å². The molecule has 6 N–H and O–H groups in total. The fraction of sp³-hybridized carbons (Fsp3) is 0.387. The lowest BCUT2D eigenvalue weighted by Crippen LogP contribution is -2.58. The molecule has 0 aliphatic heterocycles. The van der Waals surface area contributed by atoms with Gasteiger partial charge in [-0.05, 0) is 79.7 Å². The molecule has 2 amide bonds. The summed E-state index contributed by atoms with van der Waals surface area (Å²) < 4.78 is 0. The second-order valence-electron chi connectivity index (χ2n) is 11.5. The van der Waals surface area contributed by atoms with Gasteiger partial charge in [0.05, 0.1) is 5.60 Å². The topological polar surface area (TPSA) is 138 Å². The number of rotatable bonds is 7. The molecule has 2 aromatic carbocycles. The lowest BCUT2D eigenvalue weighted by atomic mass is 9.63. The summed E-state index contributed by atoms with van der Waals surface area (Å²) in [6, 6.07) is 20.0. The predicted molar refractivity (Wildman–Crippen MR) is 151 cm³/mol. The standard InChI is InChI=1S/C31H36N4O4/c1-30(39)18-31(32,19-30)23-11-9-22(10-12-23)26-17-33-27(16-25(26)21-5-3-2-4-6-21)35-28(36)15-20-7-13-24(14-8-20)34-29(37)38/h2-6,9-12,16-17,20,24,34,39H,7-8,13-15,18-19,32H2,1H3,(H,37,38)(H,33,35,36)/t20-,24-,30-,31-. The number of aromatic nitrogens is 1. The number of anilines is 1. The lowest BCUT2D eigenvalue weighted by Gasteiger charge is -2.49. The summed E-state index contributed by atoms with van der Waals surface area (Å²) in [4.78, 5) is 28.3. The Bertz CT molecular complexity index is 1320. The Morgan fingerprint density at radius 3 is 2.23 bits per heavy atom. The molecule has 2 saturated carbocycles. The van der Waals surface area contributed by atoms with Crippen molar-refractivity contribution < 1.29 is 19.8 Å². The maximum absolute atomic E-state index is 12.9. The van der Waals surface area contributed by atoms with Crippen LogP contribution >= 0.6 is 0 Å². The average molecular weight is 529 g/mol. The Hall–Kier alpha value is -3.75. The minimum Gasteiger partial charge on any atom is -0.465 e. The fourth-order valence-electron chi connectivity index (χ4n) is 6.25. The van der Waals surface area contributed by atoms with Gasteiger partial charge in [0.15, 0.2) is 0 Å².